The number of rotatable bonds is 6. The first-order valence-corrected chi connectivity index (χ1v) is 8.01. The van der Waals surface area contributed by atoms with Crippen LogP contribution in [0, 0.1) is 0 Å². The first-order valence-electron chi connectivity index (χ1n) is 6.23. The van der Waals surface area contributed by atoms with Crippen LogP contribution >= 0.6 is 27.7 Å². The van der Waals surface area contributed by atoms with E-state index in [9.17, 15) is 0 Å². The van der Waals surface area contributed by atoms with Gasteiger partial charge in [-0.25, -0.2) is 4.68 Å². The van der Waals surface area contributed by atoms with Crippen LogP contribution in [0.5, 0.6) is 0 Å². The minimum atomic E-state index is -0.0461. The minimum Gasteiger partial charge on any atom is -0.322 e. The molecule has 1 aromatic carbocycles. The van der Waals surface area contributed by atoms with Gasteiger partial charge in [-0.1, -0.05) is 28.1 Å². The van der Waals surface area contributed by atoms with Crippen molar-refractivity contribution in [2.24, 2.45) is 5.73 Å². The van der Waals surface area contributed by atoms with Crippen molar-refractivity contribution in [3.8, 4) is 0 Å². The molecule has 1 heterocycles. The summed E-state index contributed by atoms with van der Waals surface area (Å²) in [5, 5.41) is 8.01. The second kappa shape index (κ2) is 7.07. The second-order valence-corrected chi connectivity index (χ2v) is 6.26. The fourth-order valence-electron chi connectivity index (χ4n) is 1.74. The summed E-state index contributed by atoms with van der Waals surface area (Å²) in [6, 6.07) is 8.20. The average Bonchev–Trinajstić information content (AvgIpc) is 2.86. The number of hydrogen-bond donors (Lipinski definition) is 1. The van der Waals surface area contributed by atoms with E-state index < -0.39 is 0 Å². The molecule has 102 valence electrons. The van der Waals surface area contributed by atoms with E-state index in [1.807, 2.05) is 16.8 Å². The van der Waals surface area contributed by atoms with Crippen LogP contribution < -0.4 is 5.73 Å². The Labute approximate surface area is 125 Å². The summed E-state index contributed by atoms with van der Waals surface area (Å²) in [5.74, 6) is 0.818. The lowest BCUT2D eigenvalue weighted by Gasteiger charge is -2.12. The number of halogens is 1. The van der Waals surface area contributed by atoms with Gasteiger partial charge in [-0.3, -0.25) is 0 Å². The second-order valence-electron chi connectivity index (χ2n) is 4.25. The Morgan fingerprint density at radius 2 is 2.11 bits per heavy atom. The van der Waals surface area contributed by atoms with Gasteiger partial charge in [0.05, 0.1) is 17.9 Å². The summed E-state index contributed by atoms with van der Waals surface area (Å²) in [6.45, 7) is 2.99. The number of thioether (sulfide) groups is 1. The molecule has 0 aliphatic rings. The van der Waals surface area contributed by atoms with Crippen LogP contribution in [0.15, 0.2) is 39.8 Å². The van der Waals surface area contributed by atoms with Crippen LogP contribution in [0.1, 0.15) is 25.1 Å². The molecule has 1 unspecified atom stereocenters. The largest absolute Gasteiger partial charge is 0.322 e. The molecule has 0 fully saturated rings. The zero-order valence-corrected chi connectivity index (χ0v) is 13.2. The van der Waals surface area contributed by atoms with Crippen molar-refractivity contribution < 1.29 is 0 Å². The molecule has 2 rings (SSSR count). The molecule has 0 amide bonds. The Hall–Kier alpha value is -0.850. The molecule has 0 saturated carbocycles. The topological polar surface area (TPSA) is 56.7 Å². The molecule has 1 atom stereocenters. The molecule has 0 bridgehead atoms. The van der Waals surface area contributed by atoms with Gasteiger partial charge >= 0.3 is 0 Å². The van der Waals surface area contributed by atoms with Crippen LogP contribution in [-0.4, -0.2) is 20.7 Å². The maximum Gasteiger partial charge on any atom is 0.0762 e. The normalized spacial score (nSPS) is 12.6. The van der Waals surface area contributed by atoms with E-state index >= 15 is 0 Å². The third kappa shape index (κ3) is 4.06. The monoisotopic (exact) mass is 340 g/mol. The van der Waals surface area contributed by atoms with Gasteiger partial charge in [0.1, 0.15) is 0 Å². The molecule has 2 N–H and O–H groups in total. The van der Waals surface area contributed by atoms with Gasteiger partial charge in [0.15, 0.2) is 0 Å². The van der Waals surface area contributed by atoms with Crippen molar-refractivity contribution in [2.45, 2.75) is 30.8 Å². The third-order valence-electron chi connectivity index (χ3n) is 2.71. The summed E-state index contributed by atoms with van der Waals surface area (Å²) in [5.41, 5.74) is 7.22. The fourth-order valence-corrected chi connectivity index (χ4v) is 2.88. The van der Waals surface area contributed by atoms with Crippen LogP contribution in [-0.2, 0) is 6.54 Å². The number of nitrogens with zero attached hydrogens (tertiary/aromatic N) is 3. The van der Waals surface area contributed by atoms with Crippen molar-refractivity contribution in [3.63, 3.8) is 0 Å². The zero-order valence-electron chi connectivity index (χ0n) is 10.8. The summed E-state index contributed by atoms with van der Waals surface area (Å²) < 4.78 is 2.98. The van der Waals surface area contributed by atoms with Gasteiger partial charge in [-0.15, -0.1) is 16.9 Å². The van der Waals surface area contributed by atoms with Gasteiger partial charge in [-0.05, 0) is 30.7 Å². The predicted molar refractivity (Wildman–Crippen MR) is 82.1 cm³/mol. The molecule has 4 nitrogen and oxygen atoms in total. The molecule has 2 aromatic rings. The maximum atomic E-state index is 6.22. The highest BCUT2D eigenvalue weighted by Crippen LogP contribution is 2.24. The average molecular weight is 341 g/mol. The van der Waals surface area contributed by atoms with E-state index in [2.05, 4.69) is 45.3 Å². The molecule has 0 aliphatic heterocycles. The van der Waals surface area contributed by atoms with Crippen molar-refractivity contribution in [2.75, 3.05) is 5.75 Å². The van der Waals surface area contributed by atoms with Crippen molar-refractivity contribution >= 4 is 27.7 Å². The fraction of sp³-hybridized carbons (Fsp3) is 0.385. The minimum absolute atomic E-state index is 0.0461. The summed E-state index contributed by atoms with van der Waals surface area (Å²) in [4.78, 5) is 1.22. The number of benzene rings is 1. The van der Waals surface area contributed by atoms with Crippen molar-refractivity contribution in [1.29, 1.82) is 0 Å². The Bertz CT molecular complexity index is 512. The zero-order chi connectivity index (χ0) is 13.7. The smallest absolute Gasteiger partial charge is 0.0762 e. The van der Waals surface area contributed by atoms with Gasteiger partial charge in [0.25, 0.3) is 0 Å². The lowest BCUT2D eigenvalue weighted by atomic mass is 10.2. The van der Waals surface area contributed by atoms with Crippen molar-refractivity contribution in [1.82, 2.24) is 15.0 Å². The van der Waals surface area contributed by atoms with Gasteiger partial charge < -0.3 is 5.73 Å². The third-order valence-corrected chi connectivity index (χ3v) is 4.37. The highest BCUT2D eigenvalue weighted by Gasteiger charge is 2.12. The van der Waals surface area contributed by atoms with E-state index in [-0.39, 0.29) is 6.04 Å². The van der Waals surface area contributed by atoms with E-state index in [1.54, 1.807) is 18.0 Å². The summed E-state index contributed by atoms with van der Waals surface area (Å²) in [6.07, 6.45) is 2.80. The first-order chi connectivity index (χ1) is 9.20. The number of aromatic nitrogens is 3. The lowest BCUT2D eigenvalue weighted by Crippen LogP contribution is -2.18. The molecule has 0 saturated heterocycles. The van der Waals surface area contributed by atoms with Gasteiger partial charge in [0.2, 0.25) is 0 Å². The quantitative estimate of drug-likeness (QED) is 0.820. The highest BCUT2D eigenvalue weighted by molar-refractivity contribution is 9.10. The molecular formula is C13H17BrN4S. The predicted octanol–water partition coefficient (Wildman–Crippen LogP) is 3.24. The Balaban J connectivity index is 1.95. The standard InChI is InChI=1S/C13H17BrN4S/c1-2-7-18-13(8-16-17-18)12(15)9-19-11-5-3-10(14)4-6-11/h3-6,8,12H,2,7,9,15H2,1H3. The number of nitrogens with two attached hydrogens (primary N) is 1. The SMILES string of the molecule is CCCn1nncc1C(N)CSc1ccc(Br)cc1. The number of hydrogen-bond acceptors (Lipinski definition) is 4. The molecule has 0 radical (unpaired) electrons. The highest BCUT2D eigenvalue weighted by atomic mass is 79.9. The van der Waals surface area contributed by atoms with E-state index in [4.69, 9.17) is 5.73 Å². The molecular weight excluding hydrogens is 324 g/mol. The van der Waals surface area contributed by atoms with Crippen LogP contribution in [0.2, 0.25) is 0 Å². The van der Waals surface area contributed by atoms with Crippen LogP contribution in [0.25, 0.3) is 0 Å². The Kier molecular flexibility index (Phi) is 5.42. The molecule has 19 heavy (non-hydrogen) atoms. The Morgan fingerprint density at radius 3 is 2.79 bits per heavy atom. The summed E-state index contributed by atoms with van der Waals surface area (Å²) >= 11 is 5.18. The lowest BCUT2D eigenvalue weighted by molar-refractivity contribution is 0.539. The van der Waals surface area contributed by atoms with E-state index in [1.165, 1.54) is 4.90 Å². The van der Waals surface area contributed by atoms with E-state index in [0.717, 1.165) is 28.9 Å². The van der Waals surface area contributed by atoms with E-state index in [0.29, 0.717) is 0 Å². The molecule has 0 spiro atoms. The van der Waals surface area contributed by atoms with Gasteiger partial charge in [-0.2, -0.15) is 0 Å². The van der Waals surface area contributed by atoms with Gasteiger partial charge in [0, 0.05) is 21.7 Å². The van der Waals surface area contributed by atoms with Crippen LogP contribution in [0.3, 0.4) is 0 Å². The number of aryl methyl sites for hydroxylation is 1. The molecule has 0 aliphatic carbocycles. The first kappa shape index (κ1) is 14.6. The maximum absolute atomic E-state index is 6.22. The molecule has 6 heteroatoms. The summed E-state index contributed by atoms with van der Waals surface area (Å²) in [7, 11) is 0. The van der Waals surface area contributed by atoms with Crippen molar-refractivity contribution in [3.05, 3.63) is 40.6 Å². The van der Waals surface area contributed by atoms with Crippen LogP contribution in [0.4, 0.5) is 0 Å². The molecule has 1 aromatic heterocycles. The Morgan fingerprint density at radius 1 is 1.37 bits per heavy atom.